The molecular weight excluding hydrogens is 226 g/mol. The van der Waals surface area contributed by atoms with Crippen molar-refractivity contribution in [2.75, 3.05) is 13.1 Å². The smallest absolute Gasteiger partial charge is 0.126 e. The molecule has 0 aliphatic carbocycles. The summed E-state index contributed by atoms with van der Waals surface area (Å²) in [5.74, 6) is 1.14. The molecule has 1 atom stereocenters. The molecule has 0 saturated heterocycles. The fraction of sp³-hybridized carbons (Fsp3) is 0.600. The molecule has 1 aromatic rings. The lowest BCUT2D eigenvalue weighted by atomic mass is 9.81. The highest BCUT2D eigenvalue weighted by molar-refractivity contribution is 5.42. The summed E-state index contributed by atoms with van der Waals surface area (Å²) < 4.78 is 5.20. The third-order valence-corrected chi connectivity index (χ3v) is 3.10. The van der Waals surface area contributed by atoms with Crippen LogP contribution in [0.3, 0.4) is 0 Å². The van der Waals surface area contributed by atoms with Crippen LogP contribution in [0.25, 0.3) is 6.08 Å². The predicted molar refractivity (Wildman–Crippen MR) is 75.2 cm³/mol. The Morgan fingerprint density at radius 1 is 1.44 bits per heavy atom. The Morgan fingerprint density at radius 2 is 2.17 bits per heavy atom. The van der Waals surface area contributed by atoms with Gasteiger partial charge in [-0.2, -0.15) is 0 Å². The minimum absolute atomic E-state index is 0.118. The average Bonchev–Trinajstić information content (AvgIpc) is 2.80. The van der Waals surface area contributed by atoms with E-state index in [0.29, 0.717) is 0 Å². The number of hydrogen-bond acceptors (Lipinski definition) is 3. The molecule has 0 aliphatic heterocycles. The Morgan fingerprint density at radius 3 is 2.72 bits per heavy atom. The highest BCUT2D eigenvalue weighted by Gasteiger charge is 2.29. The minimum atomic E-state index is -0.293. The molecule has 18 heavy (non-hydrogen) atoms. The molecule has 0 spiro atoms. The minimum Gasteiger partial charge on any atom is -0.465 e. The first-order valence-corrected chi connectivity index (χ1v) is 6.52. The van der Waals surface area contributed by atoms with Crippen molar-refractivity contribution >= 4 is 6.08 Å². The number of nitrogens with one attached hydrogen (secondary N) is 1. The van der Waals surface area contributed by atoms with Gasteiger partial charge >= 0.3 is 0 Å². The molecular formula is C15H25NO2. The molecule has 2 N–H and O–H groups in total. The van der Waals surface area contributed by atoms with Crippen LogP contribution in [-0.4, -0.2) is 24.3 Å². The lowest BCUT2D eigenvalue weighted by Crippen LogP contribution is -2.41. The molecule has 0 amide bonds. The van der Waals surface area contributed by atoms with Gasteiger partial charge in [-0.3, -0.25) is 0 Å². The lowest BCUT2D eigenvalue weighted by molar-refractivity contribution is 0.0142. The van der Waals surface area contributed by atoms with Crippen LogP contribution in [0.5, 0.6) is 0 Å². The van der Waals surface area contributed by atoms with Crippen LogP contribution in [0, 0.1) is 11.3 Å². The van der Waals surface area contributed by atoms with Gasteiger partial charge < -0.3 is 14.8 Å². The van der Waals surface area contributed by atoms with Gasteiger partial charge in [0, 0.05) is 18.5 Å². The van der Waals surface area contributed by atoms with Crippen molar-refractivity contribution in [3.63, 3.8) is 0 Å². The van der Waals surface area contributed by atoms with Gasteiger partial charge in [-0.05, 0) is 24.1 Å². The molecule has 102 valence electrons. The highest BCUT2D eigenvalue weighted by Crippen LogP contribution is 2.24. The second kappa shape index (κ2) is 6.76. The number of aliphatic hydroxyl groups excluding tert-OH is 1. The van der Waals surface area contributed by atoms with Crippen LogP contribution in [-0.2, 0) is 0 Å². The van der Waals surface area contributed by atoms with E-state index in [-0.39, 0.29) is 17.4 Å². The lowest BCUT2D eigenvalue weighted by Gasteiger charge is -2.33. The number of rotatable bonds is 7. The molecule has 0 aromatic carbocycles. The second-order valence-corrected chi connectivity index (χ2v) is 5.73. The van der Waals surface area contributed by atoms with Gasteiger partial charge in [0.2, 0.25) is 0 Å². The summed E-state index contributed by atoms with van der Waals surface area (Å²) in [6.45, 7) is 9.82. The number of hydrogen-bond donors (Lipinski definition) is 2. The highest BCUT2D eigenvalue weighted by atomic mass is 16.3. The zero-order chi connectivity index (χ0) is 13.6. The van der Waals surface area contributed by atoms with E-state index in [1.807, 2.05) is 38.1 Å². The van der Waals surface area contributed by atoms with E-state index < -0.39 is 0 Å². The van der Waals surface area contributed by atoms with Crippen molar-refractivity contribution in [1.82, 2.24) is 5.32 Å². The Kier molecular flexibility index (Phi) is 5.63. The van der Waals surface area contributed by atoms with Crippen LogP contribution < -0.4 is 5.32 Å². The van der Waals surface area contributed by atoms with Crippen molar-refractivity contribution in [1.29, 1.82) is 0 Å². The molecule has 1 rings (SSSR count). The van der Waals surface area contributed by atoms with E-state index in [2.05, 4.69) is 19.2 Å². The molecule has 0 aliphatic rings. The standard InChI is InChI=1S/C15H25NO2/c1-12(2)14(17)15(3,4)11-16-9-5-7-13-8-6-10-18-13/h5-8,10,12,14,16-17H,9,11H2,1-4H3/b7-5+. The molecule has 0 radical (unpaired) electrons. The maximum absolute atomic E-state index is 10.1. The van der Waals surface area contributed by atoms with Crippen LogP contribution >= 0.6 is 0 Å². The molecule has 1 heterocycles. The van der Waals surface area contributed by atoms with E-state index >= 15 is 0 Å². The monoisotopic (exact) mass is 251 g/mol. The summed E-state index contributed by atoms with van der Waals surface area (Å²) in [4.78, 5) is 0. The third-order valence-electron chi connectivity index (χ3n) is 3.10. The van der Waals surface area contributed by atoms with Gasteiger partial charge in [0.15, 0.2) is 0 Å². The number of aliphatic hydroxyl groups is 1. The van der Waals surface area contributed by atoms with E-state index in [0.717, 1.165) is 18.8 Å². The van der Waals surface area contributed by atoms with Gasteiger partial charge in [0.25, 0.3) is 0 Å². The first kappa shape index (κ1) is 15.0. The van der Waals surface area contributed by atoms with E-state index in [1.54, 1.807) is 6.26 Å². The summed E-state index contributed by atoms with van der Waals surface area (Å²) >= 11 is 0. The van der Waals surface area contributed by atoms with Crippen molar-refractivity contribution in [2.45, 2.75) is 33.8 Å². The van der Waals surface area contributed by atoms with Crippen LogP contribution in [0.1, 0.15) is 33.5 Å². The molecule has 3 nitrogen and oxygen atoms in total. The largest absolute Gasteiger partial charge is 0.465 e. The summed E-state index contributed by atoms with van der Waals surface area (Å²) in [7, 11) is 0. The van der Waals surface area contributed by atoms with Gasteiger partial charge in [0.1, 0.15) is 5.76 Å². The summed E-state index contributed by atoms with van der Waals surface area (Å²) in [5.41, 5.74) is -0.118. The number of furan rings is 1. The van der Waals surface area contributed by atoms with Gasteiger partial charge in [-0.1, -0.05) is 33.8 Å². The van der Waals surface area contributed by atoms with Gasteiger partial charge in [0.05, 0.1) is 12.4 Å². The van der Waals surface area contributed by atoms with Crippen molar-refractivity contribution in [2.24, 2.45) is 11.3 Å². The molecule has 1 unspecified atom stereocenters. The average molecular weight is 251 g/mol. The Bertz CT molecular complexity index is 353. The third kappa shape index (κ3) is 4.67. The molecule has 1 aromatic heterocycles. The maximum Gasteiger partial charge on any atom is 0.126 e. The summed E-state index contributed by atoms with van der Waals surface area (Å²) in [6.07, 6.45) is 5.34. The SMILES string of the molecule is CC(C)C(O)C(C)(C)CNC/C=C/c1ccco1. The van der Waals surface area contributed by atoms with Crippen molar-refractivity contribution in [3.8, 4) is 0 Å². The van der Waals surface area contributed by atoms with Crippen LogP contribution in [0.2, 0.25) is 0 Å². The Balaban J connectivity index is 2.29. The Labute approximate surface area is 110 Å². The molecule has 0 fully saturated rings. The zero-order valence-electron chi connectivity index (χ0n) is 11.8. The van der Waals surface area contributed by atoms with Crippen LogP contribution in [0.4, 0.5) is 0 Å². The second-order valence-electron chi connectivity index (χ2n) is 5.73. The fourth-order valence-electron chi connectivity index (χ4n) is 2.05. The summed E-state index contributed by atoms with van der Waals surface area (Å²) in [6, 6.07) is 3.79. The summed E-state index contributed by atoms with van der Waals surface area (Å²) in [5, 5.41) is 13.4. The normalized spacial score (nSPS) is 14.6. The van der Waals surface area contributed by atoms with E-state index in [9.17, 15) is 5.11 Å². The van der Waals surface area contributed by atoms with Crippen molar-refractivity contribution in [3.05, 3.63) is 30.2 Å². The van der Waals surface area contributed by atoms with E-state index in [1.165, 1.54) is 0 Å². The maximum atomic E-state index is 10.1. The topological polar surface area (TPSA) is 45.4 Å². The fourth-order valence-corrected chi connectivity index (χ4v) is 2.05. The first-order valence-electron chi connectivity index (χ1n) is 6.52. The van der Waals surface area contributed by atoms with Gasteiger partial charge in [-0.15, -0.1) is 0 Å². The van der Waals surface area contributed by atoms with Gasteiger partial charge in [-0.25, -0.2) is 0 Å². The zero-order valence-corrected chi connectivity index (χ0v) is 11.8. The van der Waals surface area contributed by atoms with E-state index in [4.69, 9.17) is 4.42 Å². The molecule has 0 bridgehead atoms. The first-order chi connectivity index (χ1) is 8.43. The quantitative estimate of drug-likeness (QED) is 0.732. The van der Waals surface area contributed by atoms with Crippen molar-refractivity contribution < 1.29 is 9.52 Å². The van der Waals surface area contributed by atoms with Crippen LogP contribution in [0.15, 0.2) is 28.9 Å². The molecule has 0 saturated carbocycles. The Hall–Kier alpha value is -1.06. The molecule has 3 heteroatoms. The predicted octanol–water partition coefficient (Wildman–Crippen LogP) is 2.93.